The van der Waals surface area contributed by atoms with Crippen LogP contribution < -0.4 is 15.8 Å². The topological polar surface area (TPSA) is 110 Å². The molecule has 2 amide bonds. The Hall–Kier alpha value is -2.42. The zero-order chi connectivity index (χ0) is 19.8. The molecule has 1 fully saturated rings. The molecule has 164 valence electrons. The quantitative estimate of drug-likeness (QED) is 0.663. The molecular formula is C20H27Cl2N5O3. The van der Waals surface area contributed by atoms with Gasteiger partial charge in [0.15, 0.2) is 0 Å². The number of carbonyl (C=O) groups excluding carboxylic acids is 2. The first kappa shape index (κ1) is 25.6. The Labute approximate surface area is 188 Å². The van der Waals surface area contributed by atoms with Gasteiger partial charge < -0.3 is 20.7 Å². The molecule has 30 heavy (non-hydrogen) atoms. The molecule has 1 aliphatic heterocycles. The monoisotopic (exact) mass is 455 g/mol. The standard InChI is InChI=1S/C20H25N5O3.2ClH/c21-8-7-18(26)24-13-16-5-1-2-11-25(16)20(27)15-4-3-6-17(12-15)28-19-14-22-9-10-23-19;;/h3-4,6,9-10,12,14,16H,1-2,5,7-8,11,13,21H2,(H,24,26);2*1H. The summed E-state index contributed by atoms with van der Waals surface area (Å²) in [5, 5.41) is 2.88. The number of nitrogens with two attached hydrogens (primary N) is 1. The number of benzene rings is 1. The lowest BCUT2D eigenvalue weighted by Crippen LogP contribution is -2.49. The first-order chi connectivity index (χ1) is 13.7. The highest BCUT2D eigenvalue weighted by Gasteiger charge is 2.28. The molecule has 2 aromatic rings. The Morgan fingerprint density at radius 2 is 2.07 bits per heavy atom. The third-order valence-corrected chi connectivity index (χ3v) is 4.64. The number of likely N-dealkylation sites (tertiary alicyclic amines) is 1. The number of ether oxygens (including phenoxy) is 1. The van der Waals surface area contributed by atoms with Gasteiger partial charge in [-0.3, -0.25) is 14.6 Å². The normalized spacial score (nSPS) is 15.4. The predicted molar refractivity (Wildman–Crippen MR) is 118 cm³/mol. The molecule has 3 N–H and O–H groups in total. The van der Waals surface area contributed by atoms with Gasteiger partial charge in [-0.2, -0.15) is 0 Å². The van der Waals surface area contributed by atoms with Gasteiger partial charge in [0.05, 0.1) is 6.20 Å². The minimum Gasteiger partial charge on any atom is -0.437 e. The molecule has 0 radical (unpaired) electrons. The maximum absolute atomic E-state index is 13.1. The van der Waals surface area contributed by atoms with Crippen LogP contribution in [0.15, 0.2) is 42.9 Å². The van der Waals surface area contributed by atoms with Gasteiger partial charge in [0.2, 0.25) is 11.8 Å². The first-order valence-corrected chi connectivity index (χ1v) is 9.49. The summed E-state index contributed by atoms with van der Waals surface area (Å²) in [7, 11) is 0. The molecule has 0 aliphatic carbocycles. The summed E-state index contributed by atoms with van der Waals surface area (Å²) >= 11 is 0. The van der Waals surface area contributed by atoms with Crippen molar-refractivity contribution < 1.29 is 14.3 Å². The molecule has 1 unspecified atom stereocenters. The van der Waals surface area contributed by atoms with Gasteiger partial charge in [0, 0.05) is 50.1 Å². The highest BCUT2D eigenvalue weighted by Crippen LogP contribution is 2.23. The molecule has 1 atom stereocenters. The molecule has 3 rings (SSSR count). The molecule has 0 spiro atoms. The van der Waals surface area contributed by atoms with Crippen LogP contribution in [0.4, 0.5) is 0 Å². The number of halogens is 2. The number of hydrogen-bond donors (Lipinski definition) is 2. The Kier molecular flexibility index (Phi) is 11.1. The number of carbonyl (C=O) groups is 2. The molecule has 1 saturated heterocycles. The van der Waals surface area contributed by atoms with Gasteiger partial charge in [-0.25, -0.2) is 4.98 Å². The summed E-state index contributed by atoms with van der Waals surface area (Å²) in [5.74, 6) is 0.740. The fourth-order valence-corrected chi connectivity index (χ4v) is 3.25. The van der Waals surface area contributed by atoms with Crippen molar-refractivity contribution in [2.75, 3.05) is 19.6 Å². The van der Waals surface area contributed by atoms with Crippen LogP contribution in [-0.4, -0.2) is 52.4 Å². The molecule has 2 heterocycles. The summed E-state index contributed by atoms with van der Waals surface area (Å²) in [6.07, 6.45) is 7.77. The van der Waals surface area contributed by atoms with E-state index in [0.717, 1.165) is 19.3 Å². The van der Waals surface area contributed by atoms with E-state index >= 15 is 0 Å². The highest BCUT2D eigenvalue weighted by molar-refractivity contribution is 5.95. The molecule has 10 heteroatoms. The zero-order valence-corrected chi connectivity index (χ0v) is 18.2. The van der Waals surface area contributed by atoms with Crippen molar-refractivity contribution in [2.24, 2.45) is 5.73 Å². The second-order valence-electron chi connectivity index (χ2n) is 6.66. The Bertz CT molecular complexity index is 810. The van der Waals surface area contributed by atoms with Crippen molar-refractivity contribution in [3.8, 4) is 11.6 Å². The van der Waals surface area contributed by atoms with Crippen molar-refractivity contribution in [3.05, 3.63) is 48.4 Å². The Morgan fingerprint density at radius 1 is 1.23 bits per heavy atom. The second kappa shape index (κ2) is 13.0. The lowest BCUT2D eigenvalue weighted by Gasteiger charge is -2.36. The van der Waals surface area contributed by atoms with E-state index in [1.54, 1.807) is 36.7 Å². The molecule has 0 saturated carbocycles. The molecule has 1 aliphatic rings. The van der Waals surface area contributed by atoms with E-state index in [4.69, 9.17) is 10.5 Å². The lowest BCUT2D eigenvalue weighted by atomic mass is 10.0. The number of amides is 2. The van der Waals surface area contributed by atoms with Crippen LogP contribution in [0.2, 0.25) is 0 Å². The van der Waals surface area contributed by atoms with Crippen LogP contribution in [0.25, 0.3) is 0 Å². The van der Waals surface area contributed by atoms with Gasteiger partial charge in [-0.1, -0.05) is 6.07 Å². The van der Waals surface area contributed by atoms with Gasteiger partial charge in [0.1, 0.15) is 5.75 Å². The lowest BCUT2D eigenvalue weighted by molar-refractivity contribution is -0.121. The van der Waals surface area contributed by atoms with Crippen LogP contribution in [0.1, 0.15) is 36.0 Å². The van der Waals surface area contributed by atoms with E-state index in [1.165, 1.54) is 6.20 Å². The van der Waals surface area contributed by atoms with Gasteiger partial charge in [-0.15, -0.1) is 24.8 Å². The van der Waals surface area contributed by atoms with E-state index in [9.17, 15) is 9.59 Å². The van der Waals surface area contributed by atoms with Gasteiger partial charge in [-0.05, 0) is 37.5 Å². The van der Waals surface area contributed by atoms with Crippen molar-refractivity contribution >= 4 is 36.6 Å². The second-order valence-corrected chi connectivity index (χ2v) is 6.66. The molecule has 8 nitrogen and oxygen atoms in total. The van der Waals surface area contributed by atoms with Gasteiger partial charge in [0.25, 0.3) is 5.91 Å². The van der Waals surface area contributed by atoms with E-state index < -0.39 is 0 Å². The van der Waals surface area contributed by atoms with Gasteiger partial charge >= 0.3 is 0 Å². The SMILES string of the molecule is Cl.Cl.NCCC(=O)NCC1CCCCN1C(=O)c1cccc(Oc2cnccn2)c1. The third kappa shape index (κ3) is 7.12. The van der Waals surface area contributed by atoms with Crippen LogP contribution in [0.3, 0.4) is 0 Å². The highest BCUT2D eigenvalue weighted by atomic mass is 35.5. The summed E-state index contributed by atoms with van der Waals surface area (Å²) in [6, 6.07) is 7.00. The van der Waals surface area contributed by atoms with Crippen molar-refractivity contribution in [1.82, 2.24) is 20.2 Å². The van der Waals surface area contributed by atoms with Crippen molar-refractivity contribution in [3.63, 3.8) is 0 Å². The smallest absolute Gasteiger partial charge is 0.254 e. The fourth-order valence-electron chi connectivity index (χ4n) is 3.25. The Balaban J connectivity index is 0.00000225. The molecule has 1 aromatic carbocycles. The number of rotatable bonds is 7. The molecule has 1 aromatic heterocycles. The molecular weight excluding hydrogens is 429 g/mol. The molecule has 0 bridgehead atoms. The van der Waals surface area contributed by atoms with E-state index in [0.29, 0.717) is 43.2 Å². The maximum Gasteiger partial charge on any atom is 0.254 e. The number of piperidine rings is 1. The van der Waals surface area contributed by atoms with E-state index in [-0.39, 0.29) is 42.7 Å². The fraction of sp³-hybridized carbons (Fsp3) is 0.400. The van der Waals surface area contributed by atoms with Crippen LogP contribution in [0, 0.1) is 0 Å². The summed E-state index contributed by atoms with van der Waals surface area (Å²) in [4.78, 5) is 34.7. The van der Waals surface area contributed by atoms with Crippen LogP contribution in [0.5, 0.6) is 11.6 Å². The first-order valence-electron chi connectivity index (χ1n) is 9.49. The van der Waals surface area contributed by atoms with E-state index in [2.05, 4.69) is 15.3 Å². The minimum atomic E-state index is -0.0835. The summed E-state index contributed by atoms with van der Waals surface area (Å²) in [5.41, 5.74) is 5.96. The van der Waals surface area contributed by atoms with E-state index in [1.807, 2.05) is 4.90 Å². The number of hydrogen-bond acceptors (Lipinski definition) is 6. The average molecular weight is 456 g/mol. The average Bonchev–Trinajstić information content (AvgIpc) is 2.73. The Morgan fingerprint density at radius 3 is 2.80 bits per heavy atom. The van der Waals surface area contributed by atoms with Crippen LogP contribution in [-0.2, 0) is 4.79 Å². The maximum atomic E-state index is 13.1. The summed E-state index contributed by atoms with van der Waals surface area (Å²) < 4.78 is 5.68. The minimum absolute atomic E-state index is 0. The predicted octanol–water partition coefficient (Wildman–Crippen LogP) is 2.57. The zero-order valence-electron chi connectivity index (χ0n) is 16.5. The number of aromatic nitrogens is 2. The third-order valence-electron chi connectivity index (χ3n) is 4.64. The van der Waals surface area contributed by atoms with Crippen molar-refractivity contribution in [1.29, 1.82) is 0 Å². The van der Waals surface area contributed by atoms with Crippen molar-refractivity contribution in [2.45, 2.75) is 31.7 Å². The summed E-state index contributed by atoms with van der Waals surface area (Å²) in [6.45, 7) is 1.43. The largest absolute Gasteiger partial charge is 0.437 e. The number of nitrogens with one attached hydrogen (secondary N) is 1. The van der Waals surface area contributed by atoms with Crippen LogP contribution >= 0.6 is 24.8 Å². The number of nitrogens with zero attached hydrogens (tertiary/aromatic N) is 3.